The van der Waals surface area contributed by atoms with Crippen molar-refractivity contribution < 1.29 is 4.79 Å². The number of amides is 1. The smallest absolute Gasteiger partial charge is 0.255 e. The second-order valence-corrected chi connectivity index (χ2v) is 5.17. The molecule has 1 fully saturated rings. The van der Waals surface area contributed by atoms with E-state index in [1.54, 1.807) is 0 Å². The first-order chi connectivity index (χ1) is 8.63. The normalized spacial score (nSPS) is 16.1. The maximum atomic E-state index is 12.4. The van der Waals surface area contributed by atoms with Crippen LogP contribution in [-0.4, -0.2) is 37.0 Å². The van der Waals surface area contributed by atoms with Gasteiger partial charge in [-0.25, -0.2) is 0 Å². The fourth-order valence-corrected chi connectivity index (χ4v) is 2.56. The molecule has 0 bridgehead atoms. The number of carbonyl (C=O) groups excluding carboxylic acids is 1. The van der Waals surface area contributed by atoms with Gasteiger partial charge >= 0.3 is 0 Å². The molecule has 1 aliphatic rings. The number of hydrogen-bond donors (Lipinski definition) is 1. The third kappa shape index (κ3) is 3.62. The topological polar surface area (TPSA) is 32.3 Å². The van der Waals surface area contributed by atoms with Crippen LogP contribution in [0.2, 0.25) is 5.02 Å². The quantitative estimate of drug-likeness (QED) is 0.911. The van der Waals surface area contributed by atoms with Crippen molar-refractivity contribution in [3.63, 3.8) is 0 Å². The number of hydrogen-bond acceptors (Lipinski definition) is 2. The lowest BCUT2D eigenvalue weighted by Gasteiger charge is -2.32. The van der Waals surface area contributed by atoms with Gasteiger partial charge in [0.05, 0.1) is 10.6 Å². The number of carbonyl (C=O) groups is 1. The highest BCUT2D eigenvalue weighted by Crippen LogP contribution is 2.23. The summed E-state index contributed by atoms with van der Waals surface area (Å²) in [6.07, 6.45) is 2.01. The lowest BCUT2D eigenvalue weighted by atomic mass is 10.0. The van der Waals surface area contributed by atoms with E-state index >= 15 is 0 Å². The molecule has 1 heterocycles. The minimum atomic E-state index is 0. The van der Waals surface area contributed by atoms with E-state index in [1.165, 1.54) is 0 Å². The first-order valence-corrected chi connectivity index (χ1v) is 6.73. The van der Waals surface area contributed by atoms with Gasteiger partial charge in [-0.2, -0.15) is 0 Å². The molecule has 1 N–H and O–H groups in total. The average molecular weight is 303 g/mol. The molecule has 0 spiro atoms. The van der Waals surface area contributed by atoms with Gasteiger partial charge in [0.1, 0.15) is 0 Å². The molecule has 19 heavy (non-hydrogen) atoms. The van der Waals surface area contributed by atoms with E-state index < -0.39 is 0 Å². The van der Waals surface area contributed by atoms with Crippen LogP contribution in [-0.2, 0) is 0 Å². The maximum Gasteiger partial charge on any atom is 0.255 e. The van der Waals surface area contributed by atoms with Crippen LogP contribution in [0.1, 0.15) is 28.8 Å². The molecule has 1 saturated heterocycles. The average Bonchev–Trinajstić information content (AvgIpc) is 2.41. The van der Waals surface area contributed by atoms with Gasteiger partial charge in [0.2, 0.25) is 0 Å². The zero-order valence-corrected chi connectivity index (χ0v) is 12.9. The SMILES string of the molecule is CNC1CCN(C(=O)c2cccc(C)c2Cl)CC1.Cl. The summed E-state index contributed by atoms with van der Waals surface area (Å²) in [6, 6.07) is 6.14. The predicted octanol–water partition coefficient (Wildman–Crippen LogP) is 2.89. The molecule has 1 aromatic carbocycles. The summed E-state index contributed by atoms with van der Waals surface area (Å²) in [5.41, 5.74) is 1.58. The van der Waals surface area contributed by atoms with Gasteiger partial charge in [0.25, 0.3) is 5.91 Å². The number of rotatable bonds is 2. The predicted molar refractivity (Wildman–Crippen MR) is 81.4 cm³/mol. The van der Waals surface area contributed by atoms with E-state index in [-0.39, 0.29) is 18.3 Å². The molecule has 0 aliphatic carbocycles. The van der Waals surface area contributed by atoms with Gasteiger partial charge in [-0.15, -0.1) is 12.4 Å². The lowest BCUT2D eigenvalue weighted by molar-refractivity contribution is 0.0707. The van der Waals surface area contributed by atoms with Crippen LogP contribution >= 0.6 is 24.0 Å². The molecule has 2 rings (SSSR count). The molecular formula is C14H20Cl2N2O. The first-order valence-electron chi connectivity index (χ1n) is 6.35. The summed E-state index contributed by atoms with van der Waals surface area (Å²) < 4.78 is 0. The molecule has 1 aliphatic heterocycles. The Kier molecular flexibility index (Phi) is 6.11. The molecule has 0 aromatic heterocycles. The fraction of sp³-hybridized carbons (Fsp3) is 0.500. The fourth-order valence-electron chi connectivity index (χ4n) is 2.35. The monoisotopic (exact) mass is 302 g/mol. The van der Waals surface area contributed by atoms with Gasteiger partial charge < -0.3 is 10.2 Å². The number of nitrogens with zero attached hydrogens (tertiary/aromatic N) is 1. The van der Waals surface area contributed by atoms with Crippen LogP contribution in [0.5, 0.6) is 0 Å². The first kappa shape index (κ1) is 16.3. The summed E-state index contributed by atoms with van der Waals surface area (Å²) in [4.78, 5) is 14.3. The number of aryl methyl sites for hydroxylation is 1. The molecule has 1 amide bonds. The zero-order valence-electron chi connectivity index (χ0n) is 11.3. The Morgan fingerprint density at radius 1 is 1.37 bits per heavy atom. The summed E-state index contributed by atoms with van der Waals surface area (Å²) in [5, 5.41) is 3.84. The van der Waals surface area contributed by atoms with E-state index in [0.717, 1.165) is 31.5 Å². The van der Waals surface area contributed by atoms with Crippen molar-refractivity contribution in [2.45, 2.75) is 25.8 Å². The van der Waals surface area contributed by atoms with E-state index in [9.17, 15) is 4.79 Å². The Morgan fingerprint density at radius 3 is 2.58 bits per heavy atom. The van der Waals surface area contributed by atoms with Crippen molar-refractivity contribution in [3.05, 3.63) is 34.3 Å². The summed E-state index contributed by atoms with van der Waals surface area (Å²) >= 11 is 6.20. The summed E-state index contributed by atoms with van der Waals surface area (Å²) in [5.74, 6) is 0.0539. The highest BCUT2D eigenvalue weighted by molar-refractivity contribution is 6.34. The molecular weight excluding hydrogens is 283 g/mol. The van der Waals surface area contributed by atoms with Crippen LogP contribution in [0.4, 0.5) is 0 Å². The molecule has 0 atom stereocenters. The van der Waals surface area contributed by atoms with Crippen LogP contribution in [0, 0.1) is 6.92 Å². The number of likely N-dealkylation sites (tertiary alicyclic amines) is 1. The van der Waals surface area contributed by atoms with Crippen molar-refractivity contribution >= 4 is 29.9 Å². The molecule has 0 unspecified atom stereocenters. The second-order valence-electron chi connectivity index (χ2n) is 4.79. The molecule has 0 saturated carbocycles. The number of benzene rings is 1. The number of halogens is 2. The minimum Gasteiger partial charge on any atom is -0.338 e. The molecule has 5 heteroatoms. The number of nitrogens with one attached hydrogen (secondary N) is 1. The van der Waals surface area contributed by atoms with E-state index in [0.29, 0.717) is 16.6 Å². The van der Waals surface area contributed by atoms with E-state index in [2.05, 4.69) is 5.32 Å². The van der Waals surface area contributed by atoms with Crippen molar-refractivity contribution in [1.82, 2.24) is 10.2 Å². The summed E-state index contributed by atoms with van der Waals surface area (Å²) in [7, 11) is 1.97. The van der Waals surface area contributed by atoms with Crippen molar-refractivity contribution in [2.24, 2.45) is 0 Å². The van der Waals surface area contributed by atoms with Crippen LogP contribution in [0.3, 0.4) is 0 Å². The highest BCUT2D eigenvalue weighted by atomic mass is 35.5. The third-order valence-electron chi connectivity index (χ3n) is 3.61. The van der Waals surface area contributed by atoms with Gasteiger partial charge in [-0.05, 0) is 38.4 Å². The zero-order chi connectivity index (χ0) is 13.1. The van der Waals surface area contributed by atoms with Crippen LogP contribution in [0.15, 0.2) is 18.2 Å². The minimum absolute atomic E-state index is 0. The Balaban J connectivity index is 0.00000180. The maximum absolute atomic E-state index is 12.4. The Hall–Kier alpha value is -0.770. The van der Waals surface area contributed by atoms with E-state index in [1.807, 2.05) is 37.1 Å². The highest BCUT2D eigenvalue weighted by Gasteiger charge is 2.24. The van der Waals surface area contributed by atoms with Gasteiger partial charge in [-0.3, -0.25) is 4.79 Å². The Bertz CT molecular complexity index is 443. The Labute approximate surface area is 125 Å². The molecule has 0 radical (unpaired) electrons. The van der Waals surface area contributed by atoms with E-state index in [4.69, 9.17) is 11.6 Å². The molecule has 3 nitrogen and oxygen atoms in total. The Morgan fingerprint density at radius 2 is 2.00 bits per heavy atom. The van der Waals surface area contributed by atoms with Gasteiger partial charge in [0.15, 0.2) is 0 Å². The van der Waals surface area contributed by atoms with Crippen LogP contribution < -0.4 is 5.32 Å². The number of piperidine rings is 1. The lowest BCUT2D eigenvalue weighted by Crippen LogP contribution is -2.44. The molecule has 1 aromatic rings. The van der Waals surface area contributed by atoms with Crippen molar-refractivity contribution in [2.75, 3.05) is 20.1 Å². The second kappa shape index (κ2) is 7.13. The standard InChI is InChI=1S/C14H19ClN2O.ClH/c1-10-4-3-5-12(13(10)15)14(18)17-8-6-11(16-2)7-9-17;/h3-5,11,16H,6-9H2,1-2H3;1H. The van der Waals surface area contributed by atoms with Crippen molar-refractivity contribution in [3.8, 4) is 0 Å². The van der Waals surface area contributed by atoms with Gasteiger partial charge in [-0.1, -0.05) is 23.7 Å². The largest absolute Gasteiger partial charge is 0.338 e. The van der Waals surface area contributed by atoms with Crippen LogP contribution in [0.25, 0.3) is 0 Å². The third-order valence-corrected chi connectivity index (χ3v) is 4.11. The van der Waals surface area contributed by atoms with Crippen molar-refractivity contribution in [1.29, 1.82) is 0 Å². The summed E-state index contributed by atoms with van der Waals surface area (Å²) in [6.45, 7) is 3.52. The molecule has 106 valence electrons. The van der Waals surface area contributed by atoms with Gasteiger partial charge in [0, 0.05) is 19.1 Å².